The van der Waals surface area contributed by atoms with Crippen molar-refractivity contribution in [3.63, 3.8) is 0 Å². The molecule has 0 radical (unpaired) electrons. The first-order valence-electron chi connectivity index (χ1n) is 8.21. The third kappa shape index (κ3) is 6.71. The second kappa shape index (κ2) is 10.2. The number of ether oxygens (including phenoxy) is 2. The standard InChI is InChI=1S/C19H23FN2O3/c1-24-18-7-3-2-6-15(18)14-22-19(23)21-12-4-5-13-25-17-10-8-16(20)9-11-17/h2-3,6-11H,4-5,12-14H2,1H3,(H2,21,22,23). The molecule has 5 nitrogen and oxygen atoms in total. The topological polar surface area (TPSA) is 59.6 Å². The van der Waals surface area contributed by atoms with E-state index in [0.717, 1.165) is 24.2 Å². The number of nitrogens with one attached hydrogen (secondary N) is 2. The molecule has 0 saturated carbocycles. The molecule has 0 atom stereocenters. The number of hydrogen-bond acceptors (Lipinski definition) is 3. The highest BCUT2D eigenvalue weighted by Gasteiger charge is 2.04. The highest BCUT2D eigenvalue weighted by atomic mass is 19.1. The van der Waals surface area contributed by atoms with Gasteiger partial charge in [-0.15, -0.1) is 0 Å². The lowest BCUT2D eigenvalue weighted by molar-refractivity contribution is 0.239. The number of carbonyl (C=O) groups excluding carboxylic acids is 1. The van der Waals surface area contributed by atoms with Crippen molar-refractivity contribution in [3.05, 3.63) is 59.9 Å². The molecule has 0 aliphatic heterocycles. The average Bonchev–Trinajstić information content (AvgIpc) is 2.64. The lowest BCUT2D eigenvalue weighted by Gasteiger charge is -2.10. The van der Waals surface area contributed by atoms with E-state index in [1.807, 2.05) is 24.3 Å². The molecule has 0 spiro atoms. The van der Waals surface area contributed by atoms with Crippen LogP contribution < -0.4 is 20.1 Å². The largest absolute Gasteiger partial charge is 0.496 e. The smallest absolute Gasteiger partial charge is 0.315 e. The van der Waals surface area contributed by atoms with Crippen LogP contribution in [0.4, 0.5) is 9.18 Å². The van der Waals surface area contributed by atoms with Crippen molar-refractivity contribution >= 4 is 6.03 Å². The van der Waals surface area contributed by atoms with Crippen LogP contribution in [0.2, 0.25) is 0 Å². The number of rotatable bonds is 9. The van der Waals surface area contributed by atoms with Crippen LogP contribution in [-0.4, -0.2) is 26.3 Å². The molecule has 0 aliphatic rings. The molecule has 0 unspecified atom stereocenters. The van der Waals surface area contributed by atoms with Crippen LogP contribution in [0.3, 0.4) is 0 Å². The Bertz CT molecular complexity index is 662. The van der Waals surface area contributed by atoms with Gasteiger partial charge in [-0.1, -0.05) is 18.2 Å². The van der Waals surface area contributed by atoms with E-state index in [2.05, 4.69) is 10.6 Å². The van der Waals surface area contributed by atoms with Gasteiger partial charge in [0.1, 0.15) is 17.3 Å². The molecule has 0 aromatic heterocycles. The zero-order valence-electron chi connectivity index (χ0n) is 14.3. The fourth-order valence-corrected chi connectivity index (χ4v) is 2.24. The summed E-state index contributed by atoms with van der Waals surface area (Å²) in [5.41, 5.74) is 0.924. The quantitative estimate of drug-likeness (QED) is 0.683. The molecule has 2 aromatic rings. The Morgan fingerprint density at radius 1 is 1.04 bits per heavy atom. The Morgan fingerprint density at radius 2 is 1.80 bits per heavy atom. The summed E-state index contributed by atoms with van der Waals surface area (Å²) in [5, 5.41) is 5.60. The van der Waals surface area contributed by atoms with Crippen LogP contribution >= 0.6 is 0 Å². The minimum Gasteiger partial charge on any atom is -0.496 e. The van der Waals surface area contributed by atoms with Gasteiger partial charge in [-0.2, -0.15) is 0 Å². The van der Waals surface area contributed by atoms with E-state index < -0.39 is 0 Å². The van der Waals surface area contributed by atoms with Crippen LogP contribution in [0.15, 0.2) is 48.5 Å². The predicted molar refractivity (Wildman–Crippen MR) is 94.4 cm³/mol. The second-order valence-corrected chi connectivity index (χ2v) is 5.43. The van der Waals surface area contributed by atoms with Gasteiger partial charge in [-0.25, -0.2) is 9.18 Å². The van der Waals surface area contributed by atoms with Crippen LogP contribution in [0.1, 0.15) is 18.4 Å². The van der Waals surface area contributed by atoms with Gasteiger partial charge in [0.05, 0.1) is 13.7 Å². The Labute approximate surface area is 147 Å². The van der Waals surface area contributed by atoms with E-state index in [1.165, 1.54) is 12.1 Å². The normalized spacial score (nSPS) is 10.2. The van der Waals surface area contributed by atoms with Gasteiger partial charge in [0.15, 0.2) is 0 Å². The van der Waals surface area contributed by atoms with Crippen LogP contribution in [0.5, 0.6) is 11.5 Å². The third-order valence-electron chi connectivity index (χ3n) is 3.57. The maximum Gasteiger partial charge on any atom is 0.315 e. The maximum atomic E-state index is 12.8. The Morgan fingerprint density at radius 3 is 2.56 bits per heavy atom. The summed E-state index contributed by atoms with van der Waals surface area (Å²) in [6, 6.07) is 13.3. The predicted octanol–water partition coefficient (Wildman–Crippen LogP) is 3.49. The van der Waals surface area contributed by atoms with E-state index in [0.29, 0.717) is 25.4 Å². The van der Waals surface area contributed by atoms with Crippen molar-refractivity contribution in [1.29, 1.82) is 0 Å². The Kier molecular flexibility index (Phi) is 7.56. The molecule has 2 rings (SSSR count). The number of unbranched alkanes of at least 4 members (excludes halogenated alkanes) is 1. The molecule has 2 amide bonds. The molecule has 25 heavy (non-hydrogen) atoms. The number of urea groups is 1. The zero-order chi connectivity index (χ0) is 17.9. The molecule has 2 N–H and O–H groups in total. The highest BCUT2D eigenvalue weighted by molar-refractivity contribution is 5.73. The summed E-state index contributed by atoms with van der Waals surface area (Å²) in [4.78, 5) is 11.8. The van der Waals surface area contributed by atoms with Crippen LogP contribution in [-0.2, 0) is 6.54 Å². The molecule has 0 aliphatic carbocycles. The lowest BCUT2D eigenvalue weighted by atomic mass is 10.2. The SMILES string of the molecule is COc1ccccc1CNC(=O)NCCCCOc1ccc(F)cc1. The van der Waals surface area contributed by atoms with E-state index in [4.69, 9.17) is 9.47 Å². The van der Waals surface area contributed by atoms with Gasteiger partial charge >= 0.3 is 6.03 Å². The molecule has 0 fully saturated rings. The molecular formula is C19H23FN2O3. The highest BCUT2D eigenvalue weighted by Crippen LogP contribution is 2.16. The molecule has 0 saturated heterocycles. The first-order valence-corrected chi connectivity index (χ1v) is 8.21. The van der Waals surface area contributed by atoms with E-state index in [-0.39, 0.29) is 11.8 Å². The summed E-state index contributed by atoms with van der Waals surface area (Å²) in [7, 11) is 1.60. The molecule has 0 bridgehead atoms. The van der Waals surface area contributed by atoms with E-state index in [9.17, 15) is 9.18 Å². The number of hydrogen-bond donors (Lipinski definition) is 2. The first-order chi connectivity index (χ1) is 12.2. The van der Waals surface area contributed by atoms with Crippen molar-refractivity contribution in [1.82, 2.24) is 10.6 Å². The Hall–Kier alpha value is -2.76. The van der Waals surface area contributed by atoms with Gasteiger partial charge in [0, 0.05) is 18.7 Å². The van der Waals surface area contributed by atoms with Gasteiger partial charge in [0.25, 0.3) is 0 Å². The maximum absolute atomic E-state index is 12.8. The molecule has 0 heterocycles. The van der Waals surface area contributed by atoms with Crippen molar-refractivity contribution in [2.45, 2.75) is 19.4 Å². The van der Waals surface area contributed by atoms with Gasteiger partial charge < -0.3 is 20.1 Å². The number of benzene rings is 2. The average molecular weight is 346 g/mol. The summed E-state index contributed by atoms with van der Waals surface area (Å²) in [6.45, 7) is 1.49. The monoisotopic (exact) mass is 346 g/mol. The van der Waals surface area contributed by atoms with Crippen LogP contribution in [0, 0.1) is 5.82 Å². The summed E-state index contributed by atoms with van der Waals surface area (Å²) < 4.78 is 23.5. The summed E-state index contributed by atoms with van der Waals surface area (Å²) in [6.07, 6.45) is 1.59. The zero-order valence-corrected chi connectivity index (χ0v) is 14.3. The number of amides is 2. The van der Waals surface area contributed by atoms with Gasteiger partial charge in [-0.05, 0) is 43.2 Å². The minimum absolute atomic E-state index is 0.217. The minimum atomic E-state index is -0.282. The second-order valence-electron chi connectivity index (χ2n) is 5.43. The fourth-order valence-electron chi connectivity index (χ4n) is 2.24. The Balaban J connectivity index is 1.55. The lowest BCUT2D eigenvalue weighted by Crippen LogP contribution is -2.35. The first kappa shape index (κ1) is 18.6. The summed E-state index contributed by atoms with van der Waals surface area (Å²) in [5.74, 6) is 1.11. The van der Waals surface area contributed by atoms with Gasteiger partial charge in [0.2, 0.25) is 0 Å². The number of carbonyl (C=O) groups is 1. The fraction of sp³-hybridized carbons (Fsp3) is 0.316. The molecular weight excluding hydrogens is 323 g/mol. The number of methoxy groups -OCH3 is 1. The summed E-state index contributed by atoms with van der Waals surface area (Å²) >= 11 is 0. The molecule has 6 heteroatoms. The van der Waals surface area contributed by atoms with E-state index in [1.54, 1.807) is 19.2 Å². The van der Waals surface area contributed by atoms with Crippen molar-refractivity contribution < 1.29 is 18.7 Å². The van der Waals surface area contributed by atoms with Crippen molar-refractivity contribution in [3.8, 4) is 11.5 Å². The number of para-hydroxylation sites is 1. The third-order valence-corrected chi connectivity index (χ3v) is 3.57. The molecule has 2 aromatic carbocycles. The van der Waals surface area contributed by atoms with Crippen molar-refractivity contribution in [2.24, 2.45) is 0 Å². The number of halogens is 1. The van der Waals surface area contributed by atoms with E-state index >= 15 is 0 Å². The van der Waals surface area contributed by atoms with Gasteiger partial charge in [-0.3, -0.25) is 0 Å². The van der Waals surface area contributed by atoms with Crippen LogP contribution in [0.25, 0.3) is 0 Å². The molecule has 134 valence electrons. The van der Waals surface area contributed by atoms with Crippen molar-refractivity contribution in [2.75, 3.05) is 20.3 Å².